The van der Waals surface area contributed by atoms with Crippen molar-refractivity contribution in [3.05, 3.63) is 12.3 Å². The molecule has 0 unspecified atom stereocenters. The van der Waals surface area contributed by atoms with E-state index in [9.17, 15) is 0 Å². The molecule has 0 atom stereocenters. The maximum absolute atomic E-state index is 5.79. The molecule has 3 nitrogen and oxygen atoms in total. The summed E-state index contributed by atoms with van der Waals surface area (Å²) in [4.78, 5) is 0. The van der Waals surface area contributed by atoms with Crippen LogP contribution in [0.25, 0.3) is 0 Å². The lowest BCUT2D eigenvalue weighted by Crippen LogP contribution is -2.49. The van der Waals surface area contributed by atoms with Gasteiger partial charge in [-0.05, 0) is 58.2 Å². The van der Waals surface area contributed by atoms with E-state index in [4.69, 9.17) is 13.3 Å². The smallest absolute Gasteiger partial charge is 0.368 e. The summed E-state index contributed by atoms with van der Waals surface area (Å²) < 4.78 is 17.4. The van der Waals surface area contributed by atoms with Gasteiger partial charge in [-0.3, -0.25) is 0 Å². The van der Waals surface area contributed by atoms with Gasteiger partial charge in [-0.1, -0.05) is 6.58 Å². The van der Waals surface area contributed by atoms with Crippen LogP contribution in [-0.2, 0) is 13.3 Å². The second-order valence-electron chi connectivity index (χ2n) is 4.31. The van der Waals surface area contributed by atoms with Gasteiger partial charge in [0, 0.05) is 18.3 Å². The van der Waals surface area contributed by atoms with Crippen molar-refractivity contribution < 1.29 is 13.3 Å². The fourth-order valence-corrected chi connectivity index (χ4v) is 3.64. The highest BCUT2D eigenvalue weighted by molar-refractivity contribution is 6.66. The van der Waals surface area contributed by atoms with Crippen LogP contribution in [0.1, 0.15) is 41.5 Å². The molecule has 0 fully saturated rings. The quantitative estimate of drug-likeness (QED) is 0.652. The molecule has 0 radical (unpaired) electrons. The summed E-state index contributed by atoms with van der Waals surface area (Å²) in [5, 5.41) is 0. The van der Waals surface area contributed by atoms with Crippen molar-refractivity contribution in [3.8, 4) is 0 Å². The number of rotatable bonds is 7. The molecule has 98 valence electrons. The molecular weight excluding hydrogens is 236 g/mol. The van der Waals surface area contributed by atoms with Gasteiger partial charge in [0.2, 0.25) is 0 Å². The Morgan fingerprint density at radius 1 is 0.812 bits per heavy atom. The summed E-state index contributed by atoms with van der Waals surface area (Å²) in [5.74, 6) is 0. The van der Waals surface area contributed by atoms with Crippen molar-refractivity contribution in [2.24, 2.45) is 0 Å². The Morgan fingerprint density at radius 3 is 1.19 bits per heavy atom. The first-order valence-electron chi connectivity index (χ1n) is 5.48. The average molecular weight is 265 g/mol. The molecule has 0 aromatic heterocycles. The lowest BCUT2D eigenvalue weighted by molar-refractivity contribution is 0.0140. The van der Waals surface area contributed by atoms with Crippen LogP contribution in [0.5, 0.6) is 0 Å². The minimum absolute atomic E-state index is 0. The van der Waals surface area contributed by atoms with Crippen LogP contribution < -0.4 is 0 Å². The SMILES string of the molecule is C=C[Si](OC(C)C)(OC(C)C)OC(C)C.[SiH4]. The van der Waals surface area contributed by atoms with Crippen LogP contribution in [0.3, 0.4) is 0 Å². The van der Waals surface area contributed by atoms with Gasteiger partial charge in [-0.15, -0.1) is 0 Å². The summed E-state index contributed by atoms with van der Waals surface area (Å²) >= 11 is 0. The average Bonchev–Trinajstić information content (AvgIpc) is 1.99. The standard InChI is InChI=1S/C11H24O3Si.H4Si/c1-8-15(12-9(2)3,13-10(4)5)14-11(6)7;/h8-11H,1H2,2-7H3;1H4. The summed E-state index contributed by atoms with van der Waals surface area (Å²) in [5.41, 5.74) is 1.70. The summed E-state index contributed by atoms with van der Waals surface area (Å²) in [6.45, 7) is 15.6. The molecule has 0 aliphatic rings. The van der Waals surface area contributed by atoms with E-state index in [2.05, 4.69) is 6.58 Å². The molecule has 0 aromatic rings. The minimum atomic E-state index is -2.69. The second kappa shape index (κ2) is 8.19. The summed E-state index contributed by atoms with van der Waals surface area (Å²) in [6.07, 6.45) is 0.228. The Bertz CT molecular complexity index is 167. The molecule has 0 rings (SSSR count). The van der Waals surface area contributed by atoms with E-state index < -0.39 is 8.80 Å². The van der Waals surface area contributed by atoms with Crippen LogP contribution in [0, 0.1) is 0 Å². The van der Waals surface area contributed by atoms with E-state index in [1.54, 1.807) is 5.70 Å². The minimum Gasteiger partial charge on any atom is -0.368 e. The van der Waals surface area contributed by atoms with Gasteiger partial charge in [-0.2, -0.15) is 0 Å². The molecule has 0 saturated carbocycles. The molecule has 0 aliphatic heterocycles. The van der Waals surface area contributed by atoms with Gasteiger partial charge >= 0.3 is 8.80 Å². The molecule has 0 aromatic carbocycles. The third-order valence-corrected chi connectivity index (χ3v) is 4.35. The maximum Gasteiger partial charge on any atom is 0.529 e. The van der Waals surface area contributed by atoms with E-state index in [0.717, 1.165) is 0 Å². The molecule has 0 N–H and O–H groups in total. The lowest BCUT2D eigenvalue weighted by Gasteiger charge is -2.31. The highest BCUT2D eigenvalue weighted by Gasteiger charge is 2.40. The highest BCUT2D eigenvalue weighted by atomic mass is 28.4. The van der Waals surface area contributed by atoms with Crippen LogP contribution in [-0.4, -0.2) is 38.1 Å². The normalized spacial score (nSPS) is 12.1. The van der Waals surface area contributed by atoms with Crippen LogP contribution in [0.2, 0.25) is 0 Å². The predicted molar refractivity (Wildman–Crippen MR) is 75.9 cm³/mol. The molecule has 0 aliphatic carbocycles. The third kappa shape index (κ3) is 7.35. The molecular formula is C11H28O3Si2. The largest absolute Gasteiger partial charge is 0.529 e. The molecule has 0 bridgehead atoms. The Labute approximate surface area is 106 Å². The zero-order valence-corrected chi connectivity index (χ0v) is 11.7. The molecule has 5 heteroatoms. The zero-order valence-electron chi connectivity index (χ0n) is 10.7. The van der Waals surface area contributed by atoms with Crippen LogP contribution in [0.4, 0.5) is 0 Å². The predicted octanol–water partition coefficient (Wildman–Crippen LogP) is 1.47. The third-order valence-electron chi connectivity index (χ3n) is 1.45. The maximum atomic E-state index is 5.79. The fraction of sp³-hybridized carbons (Fsp3) is 0.818. The first-order chi connectivity index (χ1) is 6.81. The van der Waals surface area contributed by atoms with Gasteiger partial charge in [0.05, 0.1) is 0 Å². The zero-order chi connectivity index (χ0) is 12.1. The molecule has 0 spiro atoms. The monoisotopic (exact) mass is 264 g/mol. The lowest BCUT2D eigenvalue weighted by atomic mass is 10.5. The van der Waals surface area contributed by atoms with Gasteiger partial charge in [0.1, 0.15) is 0 Å². The Hall–Kier alpha value is 0.0538. The summed E-state index contributed by atoms with van der Waals surface area (Å²) in [7, 11) is -2.69. The molecule has 0 amide bonds. The van der Waals surface area contributed by atoms with Crippen LogP contribution >= 0.6 is 0 Å². The number of hydrogen-bond donors (Lipinski definition) is 0. The van der Waals surface area contributed by atoms with E-state index in [0.29, 0.717) is 0 Å². The van der Waals surface area contributed by atoms with E-state index in [1.807, 2.05) is 41.5 Å². The first-order valence-corrected chi connectivity index (χ1v) is 7.28. The number of hydrogen-bond acceptors (Lipinski definition) is 3. The van der Waals surface area contributed by atoms with Crippen molar-refractivity contribution in [2.45, 2.75) is 59.9 Å². The van der Waals surface area contributed by atoms with Gasteiger partial charge in [-0.25, -0.2) is 0 Å². The molecule has 0 saturated heterocycles. The topological polar surface area (TPSA) is 27.7 Å². The molecule has 0 heterocycles. The second-order valence-corrected chi connectivity index (χ2v) is 6.63. The van der Waals surface area contributed by atoms with Gasteiger partial charge in [0.15, 0.2) is 0 Å². The van der Waals surface area contributed by atoms with E-state index in [1.165, 1.54) is 0 Å². The van der Waals surface area contributed by atoms with Gasteiger partial charge < -0.3 is 13.3 Å². The summed E-state index contributed by atoms with van der Waals surface area (Å²) in [6, 6.07) is 0. The molecule has 16 heavy (non-hydrogen) atoms. The van der Waals surface area contributed by atoms with Crippen molar-refractivity contribution in [3.63, 3.8) is 0 Å². The van der Waals surface area contributed by atoms with Crippen molar-refractivity contribution in [1.82, 2.24) is 0 Å². The van der Waals surface area contributed by atoms with Crippen molar-refractivity contribution in [1.29, 1.82) is 0 Å². The first kappa shape index (κ1) is 18.4. The van der Waals surface area contributed by atoms with E-state index >= 15 is 0 Å². The van der Waals surface area contributed by atoms with Gasteiger partial charge in [0.25, 0.3) is 0 Å². The van der Waals surface area contributed by atoms with E-state index in [-0.39, 0.29) is 29.3 Å². The fourth-order valence-electron chi connectivity index (χ4n) is 1.21. The Balaban J connectivity index is 0. The Morgan fingerprint density at radius 2 is 1.06 bits per heavy atom. The van der Waals surface area contributed by atoms with Crippen molar-refractivity contribution >= 4 is 19.8 Å². The Kier molecular flexibility index (Phi) is 9.43. The van der Waals surface area contributed by atoms with Crippen LogP contribution in [0.15, 0.2) is 12.3 Å². The van der Waals surface area contributed by atoms with Crippen molar-refractivity contribution in [2.75, 3.05) is 0 Å². The highest BCUT2D eigenvalue weighted by Crippen LogP contribution is 2.18.